The fourth-order valence-electron chi connectivity index (χ4n) is 1.71. The molecule has 0 spiro atoms. The Kier molecular flexibility index (Phi) is 6.38. The van der Waals surface area contributed by atoms with Crippen LogP contribution >= 0.6 is 0 Å². The highest BCUT2D eigenvalue weighted by molar-refractivity contribution is 5.80. The molecular weight excluding hydrogens is 266 g/mol. The van der Waals surface area contributed by atoms with Crippen LogP contribution in [0.15, 0.2) is 15.8 Å². The number of Topliss-reactive ketones (excluding diaryl/α,β-unsaturated/α-hetero) is 1. The number of nitrogens with one attached hydrogen (secondary N) is 3. The largest absolute Gasteiger partial charge is 0.325 e. The summed E-state index contributed by atoms with van der Waals surface area (Å²) in [5.74, 6) is -0.551. The van der Waals surface area contributed by atoms with Gasteiger partial charge in [0, 0.05) is 31.0 Å². The third-order valence-corrected chi connectivity index (χ3v) is 2.77. The Labute approximate surface area is 114 Å². The molecular formula is C12H17N3O5. The Morgan fingerprint density at radius 3 is 2.50 bits per heavy atom. The first kappa shape index (κ1) is 15.8. The third kappa shape index (κ3) is 5.61. The zero-order chi connectivity index (χ0) is 15.0. The van der Waals surface area contributed by atoms with Crippen LogP contribution < -0.4 is 16.7 Å². The summed E-state index contributed by atoms with van der Waals surface area (Å²) in [7, 11) is 0. The summed E-state index contributed by atoms with van der Waals surface area (Å²) in [4.78, 5) is 48.9. The topological polar surface area (TPSA) is 132 Å². The quantitative estimate of drug-likeness (QED) is 0.293. The first-order valence-corrected chi connectivity index (χ1v) is 6.28. The molecule has 1 aromatic rings. The van der Waals surface area contributed by atoms with Crippen molar-refractivity contribution in [2.45, 2.75) is 38.5 Å². The molecule has 8 heteroatoms. The van der Waals surface area contributed by atoms with Gasteiger partial charge in [-0.1, -0.05) is 6.42 Å². The lowest BCUT2D eigenvalue weighted by atomic mass is 10.1. The lowest BCUT2D eigenvalue weighted by Gasteiger charge is -2.01. The standard InChI is InChI=1S/C12H17N3O5/c16-9(4-2-1-3-5-10(17)15-20)6-8-7-13-12(19)14-11(8)18/h7,20H,1-6H2,(H,15,17)(H2,13,14,18,19). The number of carbonyl (C=O) groups is 2. The van der Waals surface area contributed by atoms with Gasteiger partial charge in [-0.3, -0.25) is 24.6 Å². The number of carbonyl (C=O) groups excluding carboxylic acids is 2. The number of hydroxylamine groups is 1. The summed E-state index contributed by atoms with van der Waals surface area (Å²) in [6.45, 7) is 0. The molecule has 1 amide bonds. The molecule has 0 atom stereocenters. The molecule has 8 nitrogen and oxygen atoms in total. The molecule has 0 fully saturated rings. The van der Waals surface area contributed by atoms with Crippen molar-refractivity contribution in [2.24, 2.45) is 0 Å². The number of hydrogen-bond acceptors (Lipinski definition) is 5. The second-order valence-corrected chi connectivity index (χ2v) is 4.41. The van der Waals surface area contributed by atoms with E-state index in [0.29, 0.717) is 25.7 Å². The summed E-state index contributed by atoms with van der Waals surface area (Å²) in [5.41, 5.74) is 0.608. The molecule has 1 heterocycles. The maximum absolute atomic E-state index is 11.6. The number of ketones is 1. The fourth-order valence-corrected chi connectivity index (χ4v) is 1.71. The van der Waals surface area contributed by atoms with Crippen LogP contribution in [0.25, 0.3) is 0 Å². The van der Waals surface area contributed by atoms with E-state index in [0.717, 1.165) is 0 Å². The van der Waals surface area contributed by atoms with Crippen LogP contribution in [0.1, 0.15) is 37.7 Å². The monoisotopic (exact) mass is 283 g/mol. The van der Waals surface area contributed by atoms with E-state index in [-0.39, 0.29) is 24.2 Å². The number of aromatic amines is 2. The molecule has 0 saturated heterocycles. The minimum absolute atomic E-state index is 0.0246. The minimum atomic E-state index is -0.603. The van der Waals surface area contributed by atoms with Gasteiger partial charge in [-0.05, 0) is 12.8 Å². The molecule has 1 rings (SSSR count). The summed E-state index contributed by atoms with van der Waals surface area (Å²) in [5, 5.41) is 8.28. The van der Waals surface area contributed by atoms with Crippen molar-refractivity contribution in [3.8, 4) is 0 Å². The summed E-state index contributed by atoms with van der Waals surface area (Å²) >= 11 is 0. The number of aromatic nitrogens is 2. The second-order valence-electron chi connectivity index (χ2n) is 4.41. The summed E-state index contributed by atoms with van der Waals surface area (Å²) in [6, 6.07) is 0. The van der Waals surface area contributed by atoms with Crippen molar-refractivity contribution >= 4 is 11.7 Å². The van der Waals surface area contributed by atoms with Crippen LogP contribution in [0.4, 0.5) is 0 Å². The summed E-state index contributed by atoms with van der Waals surface area (Å²) in [6.07, 6.45) is 3.61. The molecule has 110 valence electrons. The Hall–Kier alpha value is -2.22. The predicted molar refractivity (Wildman–Crippen MR) is 69.4 cm³/mol. The van der Waals surface area contributed by atoms with Crippen molar-refractivity contribution in [1.82, 2.24) is 15.4 Å². The molecule has 0 aliphatic heterocycles. The molecule has 20 heavy (non-hydrogen) atoms. The zero-order valence-electron chi connectivity index (χ0n) is 10.9. The average Bonchev–Trinajstić information content (AvgIpc) is 2.41. The van der Waals surface area contributed by atoms with Crippen LogP contribution in [-0.2, 0) is 16.0 Å². The highest BCUT2D eigenvalue weighted by Gasteiger charge is 2.08. The van der Waals surface area contributed by atoms with E-state index in [1.807, 2.05) is 0 Å². The molecule has 0 saturated carbocycles. The normalized spacial score (nSPS) is 10.2. The highest BCUT2D eigenvalue weighted by Crippen LogP contribution is 2.05. The van der Waals surface area contributed by atoms with Crippen molar-refractivity contribution in [1.29, 1.82) is 0 Å². The molecule has 0 radical (unpaired) electrons. The van der Waals surface area contributed by atoms with E-state index in [1.165, 1.54) is 11.7 Å². The Morgan fingerprint density at radius 1 is 1.15 bits per heavy atom. The van der Waals surface area contributed by atoms with Crippen molar-refractivity contribution in [2.75, 3.05) is 0 Å². The van der Waals surface area contributed by atoms with Gasteiger partial charge in [-0.15, -0.1) is 0 Å². The van der Waals surface area contributed by atoms with Crippen molar-refractivity contribution in [3.05, 3.63) is 32.6 Å². The average molecular weight is 283 g/mol. The van der Waals surface area contributed by atoms with E-state index in [1.54, 1.807) is 0 Å². The van der Waals surface area contributed by atoms with E-state index in [9.17, 15) is 19.2 Å². The van der Waals surface area contributed by atoms with Gasteiger partial charge in [0.25, 0.3) is 5.56 Å². The number of amides is 1. The molecule has 4 N–H and O–H groups in total. The minimum Gasteiger partial charge on any atom is -0.314 e. The predicted octanol–water partition coefficient (Wildman–Crippen LogP) is -0.369. The molecule has 0 aliphatic rings. The van der Waals surface area contributed by atoms with E-state index in [4.69, 9.17) is 5.21 Å². The van der Waals surface area contributed by atoms with E-state index >= 15 is 0 Å². The van der Waals surface area contributed by atoms with Gasteiger partial charge in [-0.2, -0.15) is 0 Å². The number of hydrogen-bond donors (Lipinski definition) is 4. The van der Waals surface area contributed by atoms with Gasteiger partial charge in [0.05, 0.1) is 0 Å². The third-order valence-electron chi connectivity index (χ3n) is 2.77. The number of H-pyrrole nitrogens is 2. The first-order chi connectivity index (χ1) is 9.52. The molecule has 1 aromatic heterocycles. The van der Waals surface area contributed by atoms with Gasteiger partial charge >= 0.3 is 5.69 Å². The fraction of sp³-hybridized carbons (Fsp3) is 0.500. The molecule has 0 aliphatic carbocycles. The Balaban J connectivity index is 2.28. The highest BCUT2D eigenvalue weighted by atomic mass is 16.5. The zero-order valence-corrected chi connectivity index (χ0v) is 10.9. The van der Waals surface area contributed by atoms with E-state index in [2.05, 4.69) is 9.97 Å². The lowest BCUT2D eigenvalue weighted by molar-refractivity contribution is -0.129. The number of rotatable bonds is 8. The Morgan fingerprint density at radius 2 is 1.85 bits per heavy atom. The van der Waals surface area contributed by atoms with Crippen LogP contribution in [0.5, 0.6) is 0 Å². The summed E-state index contributed by atoms with van der Waals surface area (Å²) < 4.78 is 0. The van der Waals surface area contributed by atoms with Crippen LogP contribution in [0.3, 0.4) is 0 Å². The van der Waals surface area contributed by atoms with Gasteiger partial charge in [0.1, 0.15) is 5.78 Å². The lowest BCUT2D eigenvalue weighted by Crippen LogP contribution is -2.25. The van der Waals surface area contributed by atoms with Crippen LogP contribution in [0.2, 0.25) is 0 Å². The van der Waals surface area contributed by atoms with Gasteiger partial charge in [-0.25, -0.2) is 10.3 Å². The van der Waals surface area contributed by atoms with Gasteiger partial charge in [0.2, 0.25) is 5.91 Å². The van der Waals surface area contributed by atoms with E-state index < -0.39 is 17.2 Å². The maximum atomic E-state index is 11.6. The smallest absolute Gasteiger partial charge is 0.314 e. The first-order valence-electron chi connectivity index (χ1n) is 6.28. The van der Waals surface area contributed by atoms with Gasteiger partial charge in [0.15, 0.2) is 0 Å². The van der Waals surface area contributed by atoms with Gasteiger partial charge < -0.3 is 4.98 Å². The SMILES string of the molecule is O=C(CCCCCC(=O)NO)Cc1c[nH]c(=O)[nH]c1=O. The molecule has 0 aromatic carbocycles. The molecule has 0 unspecified atom stereocenters. The van der Waals surface area contributed by atoms with Crippen molar-refractivity contribution in [3.63, 3.8) is 0 Å². The Bertz CT molecular complexity index is 575. The van der Waals surface area contributed by atoms with Crippen LogP contribution in [0, 0.1) is 0 Å². The van der Waals surface area contributed by atoms with Crippen molar-refractivity contribution < 1.29 is 14.8 Å². The second kappa shape index (κ2) is 8.05. The maximum Gasteiger partial charge on any atom is 0.325 e. The number of unbranched alkanes of at least 4 members (excludes halogenated alkanes) is 2. The van der Waals surface area contributed by atoms with Crippen LogP contribution in [-0.4, -0.2) is 26.9 Å². The molecule has 0 bridgehead atoms.